The van der Waals surface area contributed by atoms with Gasteiger partial charge in [-0.15, -0.1) is 0 Å². The van der Waals surface area contributed by atoms with Gasteiger partial charge in [0.05, 0.1) is 6.10 Å². The number of hydrogen-bond acceptors (Lipinski definition) is 2. The fourth-order valence-electron chi connectivity index (χ4n) is 1.59. The number of halogens is 2. The minimum absolute atomic E-state index is 0.420. The van der Waals surface area contributed by atoms with Crippen molar-refractivity contribution >= 4 is 23.2 Å². The second-order valence-electron chi connectivity index (χ2n) is 3.76. The lowest BCUT2D eigenvalue weighted by Crippen LogP contribution is -2.02. The average Bonchev–Trinajstić information content (AvgIpc) is 2.29. The van der Waals surface area contributed by atoms with E-state index in [0.717, 1.165) is 11.1 Å². The number of aliphatic hydroxyl groups excluding tert-OH is 1. The van der Waals surface area contributed by atoms with Crippen molar-refractivity contribution in [3.63, 3.8) is 0 Å². The SMILES string of the molecule is OC(Cc1cccc(Cl)c1)c1ccc(Cl)nc1. The van der Waals surface area contributed by atoms with Crippen LogP contribution in [0.4, 0.5) is 0 Å². The average molecular weight is 268 g/mol. The van der Waals surface area contributed by atoms with Crippen LogP contribution in [0, 0.1) is 0 Å². The lowest BCUT2D eigenvalue weighted by Gasteiger charge is -2.10. The summed E-state index contributed by atoms with van der Waals surface area (Å²) in [5.74, 6) is 0. The van der Waals surface area contributed by atoms with Crippen molar-refractivity contribution in [2.45, 2.75) is 12.5 Å². The Labute approximate surface area is 110 Å². The molecule has 0 amide bonds. The molecule has 17 heavy (non-hydrogen) atoms. The van der Waals surface area contributed by atoms with E-state index in [1.807, 2.05) is 18.2 Å². The molecule has 0 spiro atoms. The highest BCUT2D eigenvalue weighted by molar-refractivity contribution is 6.30. The van der Waals surface area contributed by atoms with E-state index in [1.165, 1.54) is 0 Å². The maximum atomic E-state index is 10.0. The van der Waals surface area contributed by atoms with Gasteiger partial charge < -0.3 is 5.11 Å². The molecule has 4 heteroatoms. The summed E-state index contributed by atoms with van der Waals surface area (Å²) >= 11 is 11.6. The van der Waals surface area contributed by atoms with Crippen LogP contribution in [0.3, 0.4) is 0 Å². The molecule has 1 N–H and O–H groups in total. The van der Waals surface area contributed by atoms with E-state index in [9.17, 15) is 5.11 Å². The first-order chi connectivity index (χ1) is 8.15. The zero-order valence-corrected chi connectivity index (χ0v) is 10.5. The van der Waals surface area contributed by atoms with Crippen molar-refractivity contribution in [3.05, 3.63) is 63.9 Å². The summed E-state index contributed by atoms with van der Waals surface area (Å²) in [6.07, 6.45) is 1.49. The fraction of sp³-hybridized carbons (Fsp3) is 0.154. The van der Waals surface area contributed by atoms with E-state index in [-0.39, 0.29) is 0 Å². The van der Waals surface area contributed by atoms with Crippen molar-refractivity contribution in [2.24, 2.45) is 0 Å². The first kappa shape index (κ1) is 12.4. The minimum Gasteiger partial charge on any atom is -0.388 e. The van der Waals surface area contributed by atoms with E-state index < -0.39 is 6.10 Å². The molecule has 0 saturated carbocycles. The van der Waals surface area contributed by atoms with Gasteiger partial charge in [0.15, 0.2) is 0 Å². The molecule has 88 valence electrons. The lowest BCUT2D eigenvalue weighted by molar-refractivity contribution is 0.178. The van der Waals surface area contributed by atoms with Crippen LogP contribution in [0.5, 0.6) is 0 Å². The minimum atomic E-state index is -0.599. The van der Waals surface area contributed by atoms with Gasteiger partial charge in [-0.3, -0.25) is 0 Å². The highest BCUT2D eigenvalue weighted by atomic mass is 35.5. The molecular weight excluding hydrogens is 257 g/mol. The number of pyridine rings is 1. The smallest absolute Gasteiger partial charge is 0.129 e. The molecule has 0 saturated heterocycles. The Morgan fingerprint density at radius 2 is 2.00 bits per heavy atom. The summed E-state index contributed by atoms with van der Waals surface area (Å²) in [6.45, 7) is 0. The molecule has 0 aliphatic rings. The molecule has 1 aromatic heterocycles. The predicted molar refractivity (Wildman–Crippen MR) is 69.4 cm³/mol. The van der Waals surface area contributed by atoms with E-state index >= 15 is 0 Å². The Bertz CT molecular complexity index is 499. The topological polar surface area (TPSA) is 33.1 Å². The quantitative estimate of drug-likeness (QED) is 0.861. The highest BCUT2D eigenvalue weighted by Crippen LogP contribution is 2.20. The molecule has 0 fully saturated rings. The van der Waals surface area contributed by atoms with Gasteiger partial charge in [-0.25, -0.2) is 4.98 Å². The molecule has 1 heterocycles. The van der Waals surface area contributed by atoms with Crippen molar-refractivity contribution in [3.8, 4) is 0 Å². The van der Waals surface area contributed by atoms with Gasteiger partial charge in [0.25, 0.3) is 0 Å². The van der Waals surface area contributed by atoms with Crippen LogP contribution in [0.1, 0.15) is 17.2 Å². The Morgan fingerprint density at radius 3 is 2.65 bits per heavy atom. The Morgan fingerprint density at radius 1 is 1.18 bits per heavy atom. The largest absolute Gasteiger partial charge is 0.388 e. The van der Waals surface area contributed by atoms with Crippen molar-refractivity contribution in [1.29, 1.82) is 0 Å². The highest BCUT2D eigenvalue weighted by Gasteiger charge is 2.09. The van der Waals surface area contributed by atoms with Crippen LogP contribution in [-0.4, -0.2) is 10.1 Å². The van der Waals surface area contributed by atoms with Gasteiger partial charge >= 0.3 is 0 Å². The van der Waals surface area contributed by atoms with Gasteiger partial charge in [0.1, 0.15) is 5.15 Å². The third kappa shape index (κ3) is 3.43. The Kier molecular flexibility index (Phi) is 4.00. The fourth-order valence-corrected chi connectivity index (χ4v) is 1.91. The number of hydrogen-bond donors (Lipinski definition) is 1. The summed E-state index contributed by atoms with van der Waals surface area (Å²) in [4.78, 5) is 3.94. The molecular formula is C13H11Cl2NO. The van der Waals surface area contributed by atoms with Crippen molar-refractivity contribution in [1.82, 2.24) is 4.98 Å². The first-order valence-corrected chi connectivity index (χ1v) is 5.95. The van der Waals surface area contributed by atoms with Crippen LogP contribution < -0.4 is 0 Å². The summed E-state index contributed by atoms with van der Waals surface area (Å²) < 4.78 is 0. The maximum Gasteiger partial charge on any atom is 0.129 e. The van der Waals surface area contributed by atoms with Gasteiger partial charge in [-0.2, -0.15) is 0 Å². The van der Waals surface area contributed by atoms with Gasteiger partial charge in [0, 0.05) is 17.6 Å². The lowest BCUT2D eigenvalue weighted by atomic mass is 10.0. The number of benzene rings is 1. The van der Waals surface area contributed by atoms with Gasteiger partial charge in [-0.05, 0) is 29.3 Å². The molecule has 1 aromatic carbocycles. The molecule has 2 aromatic rings. The molecule has 0 aliphatic heterocycles. The number of nitrogens with zero attached hydrogens (tertiary/aromatic N) is 1. The standard InChI is InChI=1S/C13H11Cl2NO/c14-11-3-1-2-9(6-11)7-12(17)10-4-5-13(15)16-8-10/h1-6,8,12,17H,7H2. The van der Waals surface area contributed by atoms with Gasteiger partial charge in [0.2, 0.25) is 0 Å². The van der Waals surface area contributed by atoms with Crippen LogP contribution in [0.2, 0.25) is 10.2 Å². The molecule has 0 radical (unpaired) electrons. The third-order valence-electron chi connectivity index (χ3n) is 2.45. The van der Waals surface area contributed by atoms with E-state index in [0.29, 0.717) is 16.6 Å². The van der Waals surface area contributed by atoms with Crippen molar-refractivity contribution in [2.75, 3.05) is 0 Å². The summed E-state index contributed by atoms with van der Waals surface area (Å²) in [5.41, 5.74) is 1.73. The summed E-state index contributed by atoms with van der Waals surface area (Å²) in [6, 6.07) is 10.9. The van der Waals surface area contributed by atoms with Crippen LogP contribution in [-0.2, 0) is 6.42 Å². The normalized spacial score (nSPS) is 12.4. The zero-order valence-electron chi connectivity index (χ0n) is 8.98. The first-order valence-electron chi connectivity index (χ1n) is 5.19. The van der Waals surface area contributed by atoms with Crippen LogP contribution in [0.15, 0.2) is 42.6 Å². The second-order valence-corrected chi connectivity index (χ2v) is 4.59. The number of aromatic nitrogens is 1. The second kappa shape index (κ2) is 5.50. The third-order valence-corrected chi connectivity index (χ3v) is 2.91. The van der Waals surface area contributed by atoms with E-state index in [1.54, 1.807) is 24.4 Å². The predicted octanol–water partition coefficient (Wildman–Crippen LogP) is 3.66. The maximum absolute atomic E-state index is 10.0. The Balaban J connectivity index is 2.11. The molecule has 0 bridgehead atoms. The molecule has 0 aliphatic carbocycles. The molecule has 1 atom stereocenters. The summed E-state index contributed by atoms with van der Waals surface area (Å²) in [7, 11) is 0. The zero-order chi connectivity index (χ0) is 12.3. The monoisotopic (exact) mass is 267 g/mol. The Hall–Kier alpha value is -1.09. The van der Waals surface area contributed by atoms with Gasteiger partial charge in [-0.1, -0.05) is 41.4 Å². The van der Waals surface area contributed by atoms with E-state index in [2.05, 4.69) is 4.98 Å². The molecule has 2 rings (SSSR count). The summed E-state index contributed by atoms with van der Waals surface area (Å²) in [5, 5.41) is 11.1. The van der Waals surface area contributed by atoms with Crippen LogP contribution in [0.25, 0.3) is 0 Å². The molecule has 1 unspecified atom stereocenters. The number of rotatable bonds is 3. The van der Waals surface area contributed by atoms with Crippen LogP contribution >= 0.6 is 23.2 Å². The van der Waals surface area contributed by atoms with Crippen molar-refractivity contribution < 1.29 is 5.11 Å². The molecule has 2 nitrogen and oxygen atoms in total. The van der Waals surface area contributed by atoms with E-state index in [4.69, 9.17) is 23.2 Å². The number of aliphatic hydroxyl groups is 1.